The number of carbonyl (C=O) groups is 1. The summed E-state index contributed by atoms with van der Waals surface area (Å²) in [7, 11) is 1.31. The predicted molar refractivity (Wildman–Crippen MR) is 57.4 cm³/mol. The molecule has 0 N–H and O–H groups in total. The van der Waals surface area contributed by atoms with Gasteiger partial charge < -0.3 is 4.74 Å². The van der Waals surface area contributed by atoms with Gasteiger partial charge in [0.05, 0.1) is 12.8 Å². The van der Waals surface area contributed by atoms with Gasteiger partial charge in [-0.25, -0.2) is 14.5 Å². The highest BCUT2D eigenvalue weighted by Crippen LogP contribution is 2.08. The summed E-state index contributed by atoms with van der Waals surface area (Å²) >= 11 is 0. The van der Waals surface area contributed by atoms with Crippen LogP contribution in [-0.2, 0) is 4.74 Å². The summed E-state index contributed by atoms with van der Waals surface area (Å²) in [6, 6.07) is 9.49. The topological polar surface area (TPSA) is 57.0 Å². The zero-order chi connectivity index (χ0) is 11.5. The maximum atomic E-state index is 11.2. The lowest BCUT2D eigenvalue weighted by atomic mass is 10.3. The van der Waals surface area contributed by atoms with Crippen molar-refractivity contribution in [2.45, 2.75) is 6.92 Å². The van der Waals surface area contributed by atoms with E-state index in [4.69, 9.17) is 0 Å². The molecule has 0 aliphatic rings. The van der Waals surface area contributed by atoms with Gasteiger partial charge in [0.1, 0.15) is 5.82 Å². The molecule has 1 aromatic heterocycles. The van der Waals surface area contributed by atoms with Gasteiger partial charge in [0.15, 0.2) is 0 Å². The second kappa shape index (κ2) is 4.14. The van der Waals surface area contributed by atoms with Crippen molar-refractivity contribution < 1.29 is 9.53 Å². The first-order valence-corrected chi connectivity index (χ1v) is 4.80. The van der Waals surface area contributed by atoms with Crippen molar-refractivity contribution in [2.75, 3.05) is 7.11 Å². The number of para-hydroxylation sites is 1. The highest BCUT2D eigenvalue weighted by molar-refractivity contribution is 5.84. The van der Waals surface area contributed by atoms with Gasteiger partial charge in [-0.05, 0) is 19.1 Å². The van der Waals surface area contributed by atoms with Gasteiger partial charge in [-0.2, -0.15) is 0 Å². The molecule has 16 heavy (non-hydrogen) atoms. The fourth-order valence-electron chi connectivity index (χ4n) is 1.38. The quantitative estimate of drug-likeness (QED) is 0.713. The van der Waals surface area contributed by atoms with E-state index in [1.807, 2.05) is 30.3 Å². The number of nitrogens with zero attached hydrogens (tertiary/aromatic N) is 3. The number of aryl methyl sites for hydroxylation is 1. The van der Waals surface area contributed by atoms with Crippen LogP contribution >= 0.6 is 0 Å². The van der Waals surface area contributed by atoms with Crippen LogP contribution in [0.4, 0.5) is 0 Å². The van der Waals surface area contributed by atoms with E-state index in [1.54, 1.807) is 11.6 Å². The van der Waals surface area contributed by atoms with Crippen LogP contribution in [-0.4, -0.2) is 27.8 Å². The molecule has 0 bridgehead atoms. The van der Waals surface area contributed by atoms with E-state index >= 15 is 0 Å². The number of ether oxygens (including phenoxy) is 1. The SMILES string of the molecule is COC(=O)c1nc(C)n(-c2ccccc2)n1. The lowest BCUT2D eigenvalue weighted by Crippen LogP contribution is -2.05. The normalized spacial score (nSPS) is 10.1. The van der Waals surface area contributed by atoms with Crippen molar-refractivity contribution in [1.29, 1.82) is 0 Å². The molecule has 2 aromatic rings. The van der Waals surface area contributed by atoms with Crippen LogP contribution in [0.2, 0.25) is 0 Å². The molecule has 82 valence electrons. The molecule has 5 heteroatoms. The molecule has 0 unspecified atom stereocenters. The van der Waals surface area contributed by atoms with Crippen LogP contribution in [0.1, 0.15) is 16.4 Å². The lowest BCUT2D eigenvalue weighted by molar-refractivity contribution is 0.0587. The largest absolute Gasteiger partial charge is 0.463 e. The van der Waals surface area contributed by atoms with Crippen LogP contribution in [0.25, 0.3) is 5.69 Å². The molecule has 0 radical (unpaired) electrons. The van der Waals surface area contributed by atoms with E-state index in [1.165, 1.54) is 7.11 Å². The van der Waals surface area contributed by atoms with Crippen molar-refractivity contribution in [3.8, 4) is 5.69 Å². The Morgan fingerprint density at radius 2 is 2.00 bits per heavy atom. The van der Waals surface area contributed by atoms with E-state index in [0.717, 1.165) is 5.69 Å². The monoisotopic (exact) mass is 217 g/mol. The number of esters is 1. The number of benzene rings is 1. The molecule has 1 aromatic carbocycles. The van der Waals surface area contributed by atoms with E-state index < -0.39 is 5.97 Å². The molecule has 0 aliphatic carbocycles. The fourth-order valence-corrected chi connectivity index (χ4v) is 1.38. The summed E-state index contributed by atoms with van der Waals surface area (Å²) in [5.41, 5.74) is 0.864. The minimum Gasteiger partial charge on any atom is -0.463 e. The summed E-state index contributed by atoms with van der Waals surface area (Å²) in [6.07, 6.45) is 0. The standard InChI is InChI=1S/C11H11N3O2/c1-8-12-10(11(15)16-2)13-14(8)9-6-4-3-5-7-9/h3-7H,1-2H3. The minimum atomic E-state index is -0.530. The van der Waals surface area contributed by atoms with Gasteiger partial charge in [0.2, 0.25) is 0 Å². The van der Waals surface area contributed by atoms with Crippen LogP contribution in [0.15, 0.2) is 30.3 Å². The molecule has 0 aliphatic heterocycles. The lowest BCUT2D eigenvalue weighted by Gasteiger charge is -2.00. The first-order valence-electron chi connectivity index (χ1n) is 4.80. The number of hydrogen-bond donors (Lipinski definition) is 0. The van der Waals surface area contributed by atoms with Crippen molar-refractivity contribution in [2.24, 2.45) is 0 Å². The molecule has 0 spiro atoms. The van der Waals surface area contributed by atoms with Crippen molar-refractivity contribution in [3.63, 3.8) is 0 Å². The highest BCUT2D eigenvalue weighted by atomic mass is 16.5. The molecular weight excluding hydrogens is 206 g/mol. The number of methoxy groups -OCH3 is 1. The number of aromatic nitrogens is 3. The summed E-state index contributed by atoms with van der Waals surface area (Å²) in [6.45, 7) is 1.78. The highest BCUT2D eigenvalue weighted by Gasteiger charge is 2.14. The fraction of sp³-hybridized carbons (Fsp3) is 0.182. The Morgan fingerprint density at radius 1 is 1.31 bits per heavy atom. The molecule has 0 fully saturated rings. The Balaban J connectivity index is 2.44. The molecule has 0 atom stereocenters. The Kier molecular flexibility index (Phi) is 2.68. The van der Waals surface area contributed by atoms with E-state index in [0.29, 0.717) is 5.82 Å². The Labute approximate surface area is 92.7 Å². The van der Waals surface area contributed by atoms with Gasteiger partial charge in [-0.3, -0.25) is 0 Å². The van der Waals surface area contributed by atoms with Crippen LogP contribution in [0.3, 0.4) is 0 Å². The molecule has 0 amide bonds. The van der Waals surface area contributed by atoms with Crippen LogP contribution < -0.4 is 0 Å². The summed E-state index contributed by atoms with van der Waals surface area (Å²) in [5, 5.41) is 4.08. The second-order valence-corrected chi connectivity index (χ2v) is 3.22. The van der Waals surface area contributed by atoms with Crippen LogP contribution in [0, 0.1) is 6.92 Å². The van der Waals surface area contributed by atoms with E-state index in [9.17, 15) is 4.79 Å². The number of carbonyl (C=O) groups excluding carboxylic acids is 1. The molecule has 1 heterocycles. The van der Waals surface area contributed by atoms with Gasteiger partial charge in [-0.15, -0.1) is 5.10 Å². The zero-order valence-corrected chi connectivity index (χ0v) is 9.04. The number of rotatable bonds is 2. The summed E-state index contributed by atoms with van der Waals surface area (Å²) in [4.78, 5) is 15.3. The van der Waals surface area contributed by atoms with Crippen molar-refractivity contribution in [1.82, 2.24) is 14.8 Å². The Hall–Kier alpha value is -2.17. The second-order valence-electron chi connectivity index (χ2n) is 3.22. The maximum Gasteiger partial charge on any atom is 0.377 e. The van der Waals surface area contributed by atoms with Gasteiger partial charge in [-0.1, -0.05) is 18.2 Å². The van der Waals surface area contributed by atoms with Crippen LogP contribution in [0.5, 0.6) is 0 Å². The number of hydrogen-bond acceptors (Lipinski definition) is 4. The van der Waals surface area contributed by atoms with Crippen molar-refractivity contribution >= 4 is 5.97 Å². The first-order chi connectivity index (χ1) is 7.72. The van der Waals surface area contributed by atoms with Gasteiger partial charge in [0, 0.05) is 0 Å². The Bertz CT molecular complexity index is 505. The first kappa shape index (κ1) is 10.4. The smallest absolute Gasteiger partial charge is 0.377 e. The molecule has 5 nitrogen and oxygen atoms in total. The molecular formula is C11H11N3O2. The van der Waals surface area contributed by atoms with E-state index in [2.05, 4.69) is 14.8 Å². The van der Waals surface area contributed by atoms with E-state index in [-0.39, 0.29) is 5.82 Å². The third-order valence-electron chi connectivity index (χ3n) is 2.14. The Morgan fingerprint density at radius 3 is 2.62 bits per heavy atom. The molecule has 0 saturated heterocycles. The molecule has 2 rings (SSSR count). The average molecular weight is 217 g/mol. The summed E-state index contributed by atoms with van der Waals surface area (Å²) in [5.74, 6) is 0.188. The third-order valence-corrected chi connectivity index (χ3v) is 2.14. The predicted octanol–water partition coefficient (Wildman–Crippen LogP) is 1.36. The van der Waals surface area contributed by atoms with Gasteiger partial charge >= 0.3 is 5.97 Å². The average Bonchev–Trinajstić information content (AvgIpc) is 2.71. The van der Waals surface area contributed by atoms with Crippen molar-refractivity contribution in [3.05, 3.63) is 42.0 Å². The molecule has 0 saturated carbocycles. The minimum absolute atomic E-state index is 0.0730. The maximum absolute atomic E-state index is 11.2. The van der Waals surface area contributed by atoms with Gasteiger partial charge in [0.25, 0.3) is 5.82 Å². The zero-order valence-electron chi connectivity index (χ0n) is 9.04. The third kappa shape index (κ3) is 1.79. The summed E-state index contributed by atoms with van der Waals surface area (Å²) < 4.78 is 6.17.